The fourth-order valence-electron chi connectivity index (χ4n) is 2.93. The summed E-state index contributed by atoms with van der Waals surface area (Å²) in [6.07, 6.45) is 0.631. The molecule has 1 amide bonds. The lowest BCUT2D eigenvalue weighted by molar-refractivity contribution is -0.117. The molecule has 0 unspecified atom stereocenters. The number of thioether (sulfide) groups is 1. The van der Waals surface area contributed by atoms with E-state index in [1.54, 1.807) is 4.68 Å². The van der Waals surface area contributed by atoms with Gasteiger partial charge >= 0.3 is 0 Å². The maximum Gasteiger partial charge on any atom is 0.243 e. The third-order valence-electron chi connectivity index (χ3n) is 4.28. The van der Waals surface area contributed by atoms with Crippen LogP contribution in [-0.4, -0.2) is 26.6 Å². The molecule has 1 aromatic heterocycles. The number of aryl methyl sites for hydroxylation is 1. The lowest BCUT2D eigenvalue weighted by Crippen LogP contribution is -2.41. The first-order chi connectivity index (χ1) is 12.3. The molecule has 1 aromatic carbocycles. The van der Waals surface area contributed by atoms with E-state index in [-0.39, 0.29) is 11.7 Å². The summed E-state index contributed by atoms with van der Waals surface area (Å²) in [6, 6.07) is 8.00. The van der Waals surface area contributed by atoms with Crippen molar-refractivity contribution >= 4 is 29.1 Å². The van der Waals surface area contributed by atoms with Gasteiger partial charge in [-0.05, 0) is 30.2 Å². The zero-order valence-corrected chi connectivity index (χ0v) is 16.4. The van der Waals surface area contributed by atoms with Gasteiger partial charge in [0, 0.05) is 18.9 Å². The van der Waals surface area contributed by atoms with E-state index in [9.17, 15) is 9.59 Å². The van der Waals surface area contributed by atoms with Gasteiger partial charge in [-0.1, -0.05) is 45.0 Å². The second kappa shape index (κ2) is 7.07. The summed E-state index contributed by atoms with van der Waals surface area (Å²) in [4.78, 5) is 25.4. The fourth-order valence-corrected chi connectivity index (χ4v) is 3.92. The number of rotatable bonds is 4. The van der Waals surface area contributed by atoms with Gasteiger partial charge in [0.25, 0.3) is 0 Å². The van der Waals surface area contributed by atoms with E-state index in [4.69, 9.17) is 0 Å². The Hall–Kier alpha value is -2.41. The van der Waals surface area contributed by atoms with Crippen LogP contribution < -0.4 is 5.01 Å². The Morgan fingerprint density at radius 2 is 1.77 bits per heavy atom. The van der Waals surface area contributed by atoms with Crippen LogP contribution in [-0.2, 0) is 16.0 Å². The highest BCUT2D eigenvalue weighted by atomic mass is 32.2. The van der Waals surface area contributed by atoms with Crippen molar-refractivity contribution in [2.45, 2.75) is 52.1 Å². The van der Waals surface area contributed by atoms with Crippen LogP contribution in [0.4, 0.5) is 0 Å². The third kappa shape index (κ3) is 3.07. The fraction of sp³-hybridized carbons (Fsp3) is 0.368. The van der Waals surface area contributed by atoms with Crippen molar-refractivity contribution in [2.75, 3.05) is 5.01 Å². The van der Waals surface area contributed by atoms with Crippen LogP contribution in [0, 0.1) is 0 Å². The molecule has 0 aliphatic carbocycles. The van der Waals surface area contributed by atoms with E-state index in [0.717, 1.165) is 5.56 Å². The first-order valence-electron chi connectivity index (χ1n) is 8.63. The lowest BCUT2D eigenvalue weighted by Gasteiger charge is -2.32. The van der Waals surface area contributed by atoms with Crippen LogP contribution in [0.25, 0.3) is 5.70 Å². The van der Waals surface area contributed by atoms with Gasteiger partial charge in [-0.15, -0.1) is 10.2 Å². The van der Waals surface area contributed by atoms with E-state index < -0.39 is 0 Å². The molecule has 1 aliphatic rings. The van der Waals surface area contributed by atoms with Crippen molar-refractivity contribution in [1.29, 1.82) is 0 Å². The van der Waals surface area contributed by atoms with Gasteiger partial charge in [0.15, 0.2) is 11.6 Å². The largest absolute Gasteiger partial charge is 0.294 e. The lowest BCUT2D eigenvalue weighted by atomic mass is 10.0. The Labute approximate surface area is 157 Å². The van der Waals surface area contributed by atoms with Crippen molar-refractivity contribution < 1.29 is 9.59 Å². The minimum Gasteiger partial charge on any atom is -0.294 e. The number of aromatic nitrogens is 3. The van der Waals surface area contributed by atoms with E-state index in [2.05, 4.69) is 24.0 Å². The topological polar surface area (TPSA) is 68.1 Å². The van der Waals surface area contributed by atoms with Gasteiger partial charge in [0.1, 0.15) is 0 Å². The molecule has 0 saturated heterocycles. The molecule has 1 aliphatic heterocycles. The van der Waals surface area contributed by atoms with Gasteiger partial charge in [-0.25, -0.2) is 9.69 Å². The molecule has 0 fully saturated rings. The molecule has 0 saturated carbocycles. The van der Waals surface area contributed by atoms with Gasteiger partial charge in [-0.3, -0.25) is 9.59 Å². The second-order valence-corrected chi connectivity index (χ2v) is 7.49. The Morgan fingerprint density at radius 1 is 1.12 bits per heavy atom. The van der Waals surface area contributed by atoms with Crippen LogP contribution in [0.1, 0.15) is 57.5 Å². The molecule has 0 bridgehead atoms. The first kappa shape index (κ1) is 18.4. The average molecular weight is 370 g/mol. The van der Waals surface area contributed by atoms with Crippen molar-refractivity contribution in [2.24, 2.45) is 0 Å². The number of hydrogen-bond acceptors (Lipinski definition) is 5. The molecule has 0 atom stereocenters. The molecule has 26 heavy (non-hydrogen) atoms. The van der Waals surface area contributed by atoms with E-state index >= 15 is 0 Å². The molecule has 6 nitrogen and oxygen atoms in total. The third-order valence-corrected chi connectivity index (χ3v) is 5.40. The summed E-state index contributed by atoms with van der Waals surface area (Å²) in [6.45, 7) is 9.21. The van der Waals surface area contributed by atoms with Crippen molar-refractivity contribution in [1.82, 2.24) is 14.9 Å². The molecular formula is C19H22N4O2S. The zero-order chi connectivity index (χ0) is 19.0. The van der Waals surface area contributed by atoms with Crippen LogP contribution in [0.15, 0.2) is 34.3 Å². The average Bonchev–Trinajstić information content (AvgIpc) is 3.02. The van der Waals surface area contributed by atoms with Crippen LogP contribution in [0.2, 0.25) is 0 Å². The van der Waals surface area contributed by atoms with Crippen LogP contribution >= 0.6 is 11.8 Å². The smallest absolute Gasteiger partial charge is 0.243 e. The van der Waals surface area contributed by atoms with Crippen molar-refractivity contribution in [3.05, 3.63) is 46.1 Å². The second-order valence-electron chi connectivity index (χ2n) is 6.51. The van der Waals surface area contributed by atoms with Crippen molar-refractivity contribution in [3.8, 4) is 0 Å². The number of benzene rings is 1. The van der Waals surface area contributed by atoms with E-state index in [1.807, 2.05) is 31.2 Å². The summed E-state index contributed by atoms with van der Waals surface area (Å²) in [5, 5.41) is 10.4. The highest BCUT2D eigenvalue weighted by molar-refractivity contribution is 8.04. The first-order valence-corrected chi connectivity index (χ1v) is 9.45. The number of allylic oxidation sites excluding steroid dienone is 1. The highest BCUT2D eigenvalue weighted by Gasteiger charge is 2.34. The summed E-state index contributed by atoms with van der Waals surface area (Å²) in [7, 11) is 0. The minimum absolute atomic E-state index is 0.100. The monoisotopic (exact) mass is 370 g/mol. The number of nitrogens with zero attached hydrogens (tertiary/aromatic N) is 4. The predicted molar refractivity (Wildman–Crippen MR) is 102 cm³/mol. The Morgan fingerprint density at radius 3 is 2.27 bits per heavy atom. The summed E-state index contributed by atoms with van der Waals surface area (Å²) >= 11 is 1.26. The Kier molecular flexibility index (Phi) is 5.00. The molecule has 2 aromatic rings. The maximum atomic E-state index is 12.5. The Balaban J connectivity index is 2.22. The standard InChI is InChI=1S/C19H22N4O2S/c1-6-16-20-21-19-23(16)22(13(5)25)17(18(26-19)12(4)24)15-9-7-14(8-10-15)11(2)3/h7-11H,6H2,1-5H3. The van der Waals surface area contributed by atoms with Crippen LogP contribution in [0.3, 0.4) is 0 Å². The number of hydrogen-bond donors (Lipinski definition) is 0. The molecule has 7 heteroatoms. The number of amides is 1. The SMILES string of the molecule is CCc1nnc2n1N(C(C)=O)C(c1ccc(C(C)C)cc1)=C(C(C)=O)S2. The summed E-state index contributed by atoms with van der Waals surface area (Å²) in [5.41, 5.74) is 2.62. The number of carbonyl (C=O) groups excluding carboxylic acids is 2. The van der Waals surface area contributed by atoms with Gasteiger partial charge < -0.3 is 0 Å². The summed E-state index contributed by atoms with van der Waals surface area (Å²) < 4.78 is 1.71. The van der Waals surface area contributed by atoms with Crippen LogP contribution in [0.5, 0.6) is 0 Å². The van der Waals surface area contributed by atoms with Gasteiger partial charge in [0.2, 0.25) is 11.1 Å². The van der Waals surface area contributed by atoms with Gasteiger partial charge in [-0.2, -0.15) is 0 Å². The van der Waals surface area contributed by atoms with E-state index in [1.165, 1.54) is 36.2 Å². The highest BCUT2D eigenvalue weighted by Crippen LogP contribution is 2.40. The number of ketones is 1. The molecule has 136 valence electrons. The van der Waals surface area contributed by atoms with Crippen molar-refractivity contribution in [3.63, 3.8) is 0 Å². The Bertz CT molecular complexity index is 897. The predicted octanol–water partition coefficient (Wildman–Crippen LogP) is 3.51. The number of fused-ring (bicyclic) bond motifs is 1. The molecule has 0 radical (unpaired) electrons. The molecule has 2 heterocycles. The zero-order valence-electron chi connectivity index (χ0n) is 15.6. The quantitative estimate of drug-likeness (QED) is 0.824. The molecule has 0 N–H and O–H groups in total. The number of Topliss-reactive ketones (excluding diaryl/α,β-unsaturated/α-hetero) is 1. The normalized spacial score (nSPS) is 14.0. The maximum absolute atomic E-state index is 12.5. The van der Waals surface area contributed by atoms with Gasteiger partial charge in [0.05, 0.1) is 10.6 Å². The molecule has 3 rings (SSSR count). The number of carbonyl (C=O) groups is 2. The molecule has 0 spiro atoms. The molecular weight excluding hydrogens is 348 g/mol. The van der Waals surface area contributed by atoms with E-state index in [0.29, 0.717) is 33.9 Å². The minimum atomic E-state index is -0.192. The summed E-state index contributed by atoms with van der Waals surface area (Å²) in [5.74, 6) is 0.798.